The van der Waals surface area contributed by atoms with E-state index in [4.69, 9.17) is 5.11 Å². The van der Waals surface area contributed by atoms with Gasteiger partial charge in [0.15, 0.2) is 0 Å². The van der Waals surface area contributed by atoms with Crippen molar-refractivity contribution in [1.82, 2.24) is 0 Å². The molecule has 0 fully saturated rings. The Balaban J connectivity index is 1.79. The number of rotatable bonds is 7. The van der Waals surface area contributed by atoms with Crippen LogP contribution >= 0.6 is 0 Å². The summed E-state index contributed by atoms with van der Waals surface area (Å²) >= 11 is 0. The molecule has 21 heavy (non-hydrogen) atoms. The molecular formula is C19H20O2. The molecule has 2 aromatic carbocycles. The van der Waals surface area contributed by atoms with E-state index < -0.39 is 5.97 Å². The highest BCUT2D eigenvalue weighted by atomic mass is 16.4. The molecule has 0 spiro atoms. The quantitative estimate of drug-likeness (QED) is 0.589. The number of aryl methyl sites for hydroxylation is 1. The summed E-state index contributed by atoms with van der Waals surface area (Å²) in [6.45, 7) is 0. The van der Waals surface area contributed by atoms with Crippen molar-refractivity contribution in [2.45, 2.75) is 25.7 Å². The lowest BCUT2D eigenvalue weighted by Crippen LogP contribution is -1.87. The molecule has 0 saturated heterocycles. The third-order valence-electron chi connectivity index (χ3n) is 3.41. The third kappa shape index (κ3) is 5.27. The number of hydrogen-bond acceptors (Lipinski definition) is 1. The van der Waals surface area contributed by atoms with Gasteiger partial charge in [0.2, 0.25) is 0 Å². The largest absolute Gasteiger partial charge is 0.478 e. The zero-order valence-corrected chi connectivity index (χ0v) is 12.0. The van der Waals surface area contributed by atoms with Crippen molar-refractivity contribution in [3.63, 3.8) is 0 Å². The summed E-state index contributed by atoms with van der Waals surface area (Å²) in [5, 5.41) is 8.48. The minimum Gasteiger partial charge on any atom is -0.478 e. The van der Waals surface area contributed by atoms with Gasteiger partial charge in [0.1, 0.15) is 0 Å². The third-order valence-corrected chi connectivity index (χ3v) is 3.41. The van der Waals surface area contributed by atoms with Crippen molar-refractivity contribution in [3.8, 4) is 11.1 Å². The minimum absolute atomic E-state index is 0.828. The van der Waals surface area contributed by atoms with Gasteiger partial charge in [0.05, 0.1) is 0 Å². The van der Waals surface area contributed by atoms with Crippen molar-refractivity contribution in [1.29, 1.82) is 0 Å². The second kappa shape index (κ2) is 8.05. The highest BCUT2D eigenvalue weighted by molar-refractivity contribution is 5.79. The zero-order valence-electron chi connectivity index (χ0n) is 12.0. The smallest absolute Gasteiger partial charge is 0.327 e. The average molecular weight is 280 g/mol. The maximum absolute atomic E-state index is 10.3. The Labute approximate surface area is 125 Å². The molecule has 0 atom stereocenters. The molecule has 0 aliphatic rings. The van der Waals surface area contributed by atoms with Crippen LogP contribution in [0.2, 0.25) is 0 Å². The first-order valence-corrected chi connectivity index (χ1v) is 7.29. The van der Waals surface area contributed by atoms with Gasteiger partial charge in [-0.2, -0.15) is 0 Å². The minimum atomic E-state index is -0.869. The average Bonchev–Trinajstić information content (AvgIpc) is 2.52. The van der Waals surface area contributed by atoms with Crippen LogP contribution in [0.15, 0.2) is 66.7 Å². The standard InChI is InChI=1S/C19H20O2/c20-19(21)11-7-2-1-4-8-16-12-14-18(15-13-16)17-9-5-3-6-10-17/h3,5-7,9-15H,1-2,4,8H2,(H,20,21). The van der Waals surface area contributed by atoms with Crippen molar-refractivity contribution >= 4 is 5.97 Å². The molecule has 2 nitrogen and oxygen atoms in total. The van der Waals surface area contributed by atoms with E-state index in [0.29, 0.717) is 0 Å². The normalized spacial score (nSPS) is 10.9. The second-order valence-corrected chi connectivity index (χ2v) is 5.05. The van der Waals surface area contributed by atoms with Crippen LogP contribution in [-0.4, -0.2) is 11.1 Å². The Kier molecular flexibility index (Phi) is 5.77. The molecule has 2 rings (SSSR count). The number of unbranched alkanes of at least 4 members (excludes halogenated alkanes) is 2. The SMILES string of the molecule is O=C(O)C=CCCCCc1ccc(-c2ccccc2)cc1. The molecule has 0 aliphatic heterocycles. The number of aliphatic carboxylic acids is 1. The topological polar surface area (TPSA) is 37.3 Å². The van der Waals surface area contributed by atoms with E-state index in [2.05, 4.69) is 36.4 Å². The molecule has 0 aliphatic carbocycles. The summed E-state index contributed by atoms with van der Waals surface area (Å²) in [5.74, 6) is -0.869. The highest BCUT2D eigenvalue weighted by Gasteiger charge is 1.97. The fraction of sp³-hybridized carbons (Fsp3) is 0.211. The monoisotopic (exact) mass is 280 g/mol. The molecule has 108 valence electrons. The summed E-state index contributed by atoms with van der Waals surface area (Å²) in [6.07, 6.45) is 6.90. The molecule has 0 saturated carbocycles. The van der Waals surface area contributed by atoms with E-state index in [9.17, 15) is 4.79 Å². The van der Waals surface area contributed by atoms with Crippen molar-refractivity contribution < 1.29 is 9.90 Å². The van der Waals surface area contributed by atoms with Crippen LogP contribution in [0, 0.1) is 0 Å². The van der Waals surface area contributed by atoms with E-state index in [1.54, 1.807) is 6.08 Å². The first-order chi connectivity index (χ1) is 10.3. The van der Waals surface area contributed by atoms with Gasteiger partial charge < -0.3 is 5.11 Å². The first kappa shape index (κ1) is 15.0. The summed E-state index contributed by atoms with van der Waals surface area (Å²) in [4.78, 5) is 10.3. The van der Waals surface area contributed by atoms with E-state index >= 15 is 0 Å². The van der Waals surface area contributed by atoms with E-state index in [1.807, 2.05) is 18.2 Å². The molecule has 2 heteroatoms. The van der Waals surface area contributed by atoms with Gasteiger partial charge in [-0.05, 0) is 42.4 Å². The molecule has 0 radical (unpaired) electrons. The summed E-state index contributed by atoms with van der Waals surface area (Å²) in [7, 11) is 0. The van der Waals surface area contributed by atoms with Crippen LogP contribution in [0.5, 0.6) is 0 Å². The Morgan fingerprint density at radius 1 is 0.905 bits per heavy atom. The highest BCUT2D eigenvalue weighted by Crippen LogP contribution is 2.19. The van der Waals surface area contributed by atoms with Crippen LogP contribution in [0.4, 0.5) is 0 Å². The molecule has 0 unspecified atom stereocenters. The summed E-state index contributed by atoms with van der Waals surface area (Å²) in [6, 6.07) is 19.0. The van der Waals surface area contributed by atoms with Crippen LogP contribution in [0.1, 0.15) is 24.8 Å². The molecule has 0 bridgehead atoms. The summed E-state index contributed by atoms with van der Waals surface area (Å²) in [5.41, 5.74) is 3.81. The molecule has 2 aromatic rings. The van der Waals surface area contributed by atoms with Gasteiger partial charge in [-0.25, -0.2) is 4.79 Å². The van der Waals surface area contributed by atoms with E-state index in [1.165, 1.54) is 22.8 Å². The van der Waals surface area contributed by atoms with Gasteiger partial charge in [0.25, 0.3) is 0 Å². The van der Waals surface area contributed by atoms with Gasteiger partial charge in [-0.3, -0.25) is 0 Å². The van der Waals surface area contributed by atoms with Crippen molar-refractivity contribution in [2.75, 3.05) is 0 Å². The number of carboxylic acid groups (broad SMARTS) is 1. The fourth-order valence-corrected chi connectivity index (χ4v) is 2.27. The predicted molar refractivity (Wildman–Crippen MR) is 86.2 cm³/mol. The summed E-state index contributed by atoms with van der Waals surface area (Å²) < 4.78 is 0. The number of carboxylic acids is 1. The van der Waals surface area contributed by atoms with Gasteiger partial charge in [-0.1, -0.05) is 60.7 Å². The molecule has 1 N–H and O–H groups in total. The number of hydrogen-bond donors (Lipinski definition) is 1. The maximum atomic E-state index is 10.3. The fourth-order valence-electron chi connectivity index (χ4n) is 2.27. The first-order valence-electron chi connectivity index (χ1n) is 7.29. The number of carbonyl (C=O) groups is 1. The lowest BCUT2D eigenvalue weighted by Gasteiger charge is -2.04. The van der Waals surface area contributed by atoms with Crippen LogP contribution < -0.4 is 0 Å². The Bertz CT molecular complexity index is 583. The molecule has 0 amide bonds. The predicted octanol–water partition coefficient (Wildman–Crippen LogP) is 4.71. The Morgan fingerprint density at radius 2 is 1.57 bits per heavy atom. The maximum Gasteiger partial charge on any atom is 0.327 e. The lowest BCUT2D eigenvalue weighted by molar-refractivity contribution is -0.131. The Morgan fingerprint density at radius 3 is 2.24 bits per heavy atom. The number of benzene rings is 2. The van der Waals surface area contributed by atoms with Crippen LogP contribution in [-0.2, 0) is 11.2 Å². The van der Waals surface area contributed by atoms with Crippen LogP contribution in [0.25, 0.3) is 11.1 Å². The Hall–Kier alpha value is -2.35. The molecule has 0 aromatic heterocycles. The van der Waals surface area contributed by atoms with Gasteiger partial charge in [-0.15, -0.1) is 0 Å². The molecule has 0 heterocycles. The van der Waals surface area contributed by atoms with Crippen molar-refractivity contribution in [3.05, 3.63) is 72.3 Å². The van der Waals surface area contributed by atoms with Gasteiger partial charge in [0, 0.05) is 6.08 Å². The molecular weight excluding hydrogens is 260 g/mol. The van der Waals surface area contributed by atoms with Crippen LogP contribution in [0.3, 0.4) is 0 Å². The zero-order chi connectivity index (χ0) is 14.9. The van der Waals surface area contributed by atoms with Crippen molar-refractivity contribution in [2.24, 2.45) is 0 Å². The van der Waals surface area contributed by atoms with E-state index in [-0.39, 0.29) is 0 Å². The number of allylic oxidation sites excluding steroid dienone is 1. The second-order valence-electron chi connectivity index (χ2n) is 5.05. The van der Waals surface area contributed by atoms with Gasteiger partial charge >= 0.3 is 5.97 Å². The van der Waals surface area contributed by atoms with E-state index in [0.717, 1.165) is 25.7 Å². The lowest BCUT2D eigenvalue weighted by atomic mass is 10.0.